The number of hydrogen-bond acceptors (Lipinski definition) is 11. The highest BCUT2D eigenvalue weighted by Crippen LogP contribution is 2.59. The average molecular weight is 675 g/mol. The summed E-state index contributed by atoms with van der Waals surface area (Å²) in [4.78, 5) is 36.4. The Labute approximate surface area is 282 Å². The second-order valence-corrected chi connectivity index (χ2v) is 19.7. The molecule has 0 saturated heterocycles. The number of phenols is 1. The van der Waals surface area contributed by atoms with Crippen molar-refractivity contribution in [3.63, 3.8) is 0 Å². The number of aromatic nitrogens is 2. The van der Waals surface area contributed by atoms with Crippen molar-refractivity contribution in [3.8, 4) is 11.6 Å². The molecule has 12 heteroatoms. The number of phenolic OH excluding ortho intramolecular Hbond substituents is 1. The van der Waals surface area contributed by atoms with E-state index in [0.29, 0.717) is 36.5 Å². The van der Waals surface area contributed by atoms with Crippen LogP contribution in [0.2, 0.25) is 18.1 Å². The molecule has 0 bridgehead atoms. The van der Waals surface area contributed by atoms with Gasteiger partial charge < -0.3 is 29.2 Å². The molecule has 0 amide bonds. The molecule has 0 radical (unpaired) electrons. The van der Waals surface area contributed by atoms with E-state index in [0.717, 1.165) is 18.5 Å². The molecule has 3 N–H and O–H groups in total. The minimum absolute atomic E-state index is 0.0564. The summed E-state index contributed by atoms with van der Waals surface area (Å²) in [5.41, 5.74) is 0.578. The minimum atomic E-state index is -2.83. The number of aromatic hydroxyl groups is 1. The molecule has 48 heavy (non-hydrogen) atoms. The maximum absolute atomic E-state index is 15.3. The summed E-state index contributed by atoms with van der Waals surface area (Å²) in [6, 6.07) is 6.48. The number of anilines is 2. The number of fused-ring (bicyclic) bond motifs is 4. The molecular formula is C36H46N4O7Si. The number of aliphatic hydroxyl groups is 1. The zero-order valence-electron chi connectivity index (χ0n) is 29.0. The van der Waals surface area contributed by atoms with Crippen LogP contribution >= 0.6 is 0 Å². The summed E-state index contributed by atoms with van der Waals surface area (Å²) in [5.74, 6) is -2.29. The van der Waals surface area contributed by atoms with E-state index >= 15 is 9.59 Å². The molecule has 1 aromatic carbocycles. The molecular weight excluding hydrogens is 629 g/mol. The Kier molecular flexibility index (Phi) is 8.58. The lowest BCUT2D eigenvalue weighted by Gasteiger charge is -2.55. The first-order valence-electron chi connectivity index (χ1n) is 16.7. The maximum Gasteiger partial charge on any atom is 0.265 e. The van der Waals surface area contributed by atoms with Crippen molar-refractivity contribution >= 4 is 37.0 Å². The lowest BCUT2D eigenvalue weighted by Crippen LogP contribution is -2.68. The third kappa shape index (κ3) is 5.34. The van der Waals surface area contributed by atoms with Crippen LogP contribution in [0.4, 0.5) is 11.4 Å². The zero-order chi connectivity index (χ0) is 34.8. The Morgan fingerprint density at radius 2 is 1.79 bits per heavy atom. The highest BCUT2D eigenvalue weighted by molar-refractivity contribution is 6.74. The van der Waals surface area contributed by atoms with Gasteiger partial charge in [-0.05, 0) is 86.3 Å². The Balaban J connectivity index is 1.53. The summed E-state index contributed by atoms with van der Waals surface area (Å²) >= 11 is 0. The van der Waals surface area contributed by atoms with E-state index in [1.54, 1.807) is 12.4 Å². The Morgan fingerprint density at radius 3 is 2.44 bits per heavy atom. The van der Waals surface area contributed by atoms with Gasteiger partial charge in [-0.25, -0.2) is 0 Å². The van der Waals surface area contributed by atoms with Gasteiger partial charge in [0, 0.05) is 41.3 Å². The van der Waals surface area contributed by atoms with E-state index in [4.69, 9.17) is 13.7 Å². The van der Waals surface area contributed by atoms with Crippen LogP contribution in [0.5, 0.6) is 11.6 Å². The van der Waals surface area contributed by atoms with Gasteiger partial charge in [-0.2, -0.15) is 0 Å². The summed E-state index contributed by atoms with van der Waals surface area (Å²) in [5, 5.41) is 30.3. The van der Waals surface area contributed by atoms with Crippen LogP contribution < -0.4 is 10.1 Å². The van der Waals surface area contributed by atoms with Crippen LogP contribution in [0.3, 0.4) is 0 Å². The number of unbranched alkanes of at least 4 members (excludes halogenated alkanes) is 1. The third-order valence-corrected chi connectivity index (χ3v) is 15.0. The molecule has 256 valence electrons. The number of carbonyl (C=O) groups excluding carboxylic acids is 2. The van der Waals surface area contributed by atoms with Crippen molar-refractivity contribution in [3.05, 3.63) is 64.7 Å². The number of rotatable bonds is 9. The Hall–Kier alpha value is -4.00. The smallest absolute Gasteiger partial charge is 0.265 e. The summed E-state index contributed by atoms with van der Waals surface area (Å²) in [6.45, 7) is 12.6. The van der Waals surface area contributed by atoms with Gasteiger partial charge in [-0.1, -0.05) is 34.1 Å². The van der Waals surface area contributed by atoms with Gasteiger partial charge in [0.15, 0.2) is 19.7 Å². The van der Waals surface area contributed by atoms with E-state index < -0.39 is 43.4 Å². The molecule has 3 aliphatic rings. The molecule has 3 aromatic rings. The minimum Gasteiger partial charge on any atom is -0.507 e. The van der Waals surface area contributed by atoms with Gasteiger partial charge >= 0.3 is 0 Å². The SMILES string of the molecule is CCCCOc1noc2c1C(=O)[C@@]1(O[Si](C)(C)C(C)(C)C)C(=O)C3=C(O)c4c(O)cc(Nc5ccncc5)cc4C[C@H]3C[C@H]1[C@@H]2N(C)C. The van der Waals surface area contributed by atoms with Crippen molar-refractivity contribution in [2.45, 2.75) is 83.2 Å². The fraction of sp³-hybridized carbons (Fsp3) is 0.500. The van der Waals surface area contributed by atoms with Gasteiger partial charge in [0.05, 0.1) is 18.2 Å². The van der Waals surface area contributed by atoms with Crippen molar-refractivity contribution in [2.24, 2.45) is 11.8 Å². The fourth-order valence-electron chi connectivity index (χ4n) is 7.24. The van der Waals surface area contributed by atoms with Crippen LogP contribution in [-0.2, 0) is 15.6 Å². The van der Waals surface area contributed by atoms with Crippen LogP contribution in [0.1, 0.15) is 80.2 Å². The van der Waals surface area contributed by atoms with Crippen LogP contribution in [0, 0.1) is 11.8 Å². The van der Waals surface area contributed by atoms with Crippen molar-refractivity contribution < 1.29 is 33.5 Å². The molecule has 1 saturated carbocycles. The molecule has 0 unspecified atom stereocenters. The number of ketones is 2. The molecule has 0 spiro atoms. The number of pyridine rings is 1. The zero-order valence-corrected chi connectivity index (χ0v) is 30.0. The van der Waals surface area contributed by atoms with Crippen LogP contribution in [0.15, 0.2) is 46.8 Å². The number of ether oxygens (including phenoxy) is 1. The molecule has 1 fully saturated rings. The van der Waals surface area contributed by atoms with Crippen LogP contribution in [0.25, 0.3) is 5.76 Å². The highest BCUT2D eigenvalue weighted by atomic mass is 28.4. The first-order valence-corrected chi connectivity index (χ1v) is 19.6. The standard InChI is InChI=1S/C36H46N4O7Si/c1-9-10-15-45-34-28-31(46-39-34)29(40(5)6)24-18-21-16-20-17-23(38-22-11-13-37-14-12-22)19-25(41)26(20)30(42)27(21)32(43)36(24,33(28)44)47-48(7,8)35(2,3)4/h11-14,17,19,21,24,29,41-42H,9-10,15-16,18H2,1-8H3,(H,37,38)/t21-,24-,29-,36-/m0/s1. The predicted octanol–water partition coefficient (Wildman–Crippen LogP) is 6.99. The first kappa shape index (κ1) is 33.9. The summed E-state index contributed by atoms with van der Waals surface area (Å²) in [7, 11) is 0.946. The molecule has 3 aliphatic carbocycles. The Bertz CT molecular complexity index is 1780. The fourth-order valence-corrected chi connectivity index (χ4v) is 8.69. The number of nitrogens with zero attached hydrogens (tertiary/aromatic N) is 3. The van der Waals surface area contributed by atoms with E-state index in [-0.39, 0.29) is 39.1 Å². The van der Waals surface area contributed by atoms with Crippen molar-refractivity contribution in [1.29, 1.82) is 0 Å². The first-order chi connectivity index (χ1) is 22.6. The molecule has 0 aliphatic heterocycles. The number of carbonyl (C=O) groups is 2. The number of aliphatic hydroxyl groups excluding tert-OH is 1. The highest BCUT2D eigenvalue weighted by Gasteiger charge is 2.68. The number of nitrogens with one attached hydrogen (secondary N) is 1. The predicted molar refractivity (Wildman–Crippen MR) is 184 cm³/mol. The largest absolute Gasteiger partial charge is 0.507 e. The maximum atomic E-state index is 15.3. The van der Waals surface area contributed by atoms with E-state index in [1.807, 2.05) is 57.2 Å². The summed E-state index contributed by atoms with van der Waals surface area (Å²) in [6.07, 6.45) is 5.70. The molecule has 4 atom stereocenters. The van der Waals surface area contributed by atoms with Gasteiger partial charge in [0.1, 0.15) is 17.1 Å². The van der Waals surface area contributed by atoms with Gasteiger partial charge in [-0.15, -0.1) is 0 Å². The van der Waals surface area contributed by atoms with Crippen LogP contribution in [-0.4, -0.2) is 71.4 Å². The lowest BCUT2D eigenvalue weighted by molar-refractivity contribution is -0.140. The normalized spacial score (nSPS) is 23.8. The molecule has 11 nitrogen and oxygen atoms in total. The van der Waals surface area contributed by atoms with Gasteiger partial charge in [0.2, 0.25) is 11.6 Å². The van der Waals surface area contributed by atoms with Crippen molar-refractivity contribution in [1.82, 2.24) is 15.0 Å². The number of hydrogen-bond donors (Lipinski definition) is 3. The summed E-state index contributed by atoms with van der Waals surface area (Å²) < 4.78 is 19.0. The monoisotopic (exact) mass is 674 g/mol. The second kappa shape index (κ2) is 12.2. The Morgan fingerprint density at radius 1 is 1.08 bits per heavy atom. The number of Topliss-reactive ketones (excluding diaryl/α,β-unsaturated/α-hetero) is 2. The second-order valence-electron chi connectivity index (χ2n) is 15.0. The van der Waals surface area contributed by atoms with Gasteiger partial charge in [0.25, 0.3) is 5.88 Å². The van der Waals surface area contributed by atoms with E-state index in [9.17, 15) is 10.2 Å². The lowest BCUT2D eigenvalue weighted by atomic mass is 9.57. The molecule has 6 rings (SSSR count). The molecule has 2 heterocycles. The van der Waals surface area contributed by atoms with E-state index in [2.05, 4.69) is 36.2 Å². The number of benzene rings is 1. The molecule has 2 aromatic heterocycles. The van der Waals surface area contributed by atoms with E-state index in [1.165, 1.54) is 6.07 Å². The quantitative estimate of drug-likeness (QED) is 0.123. The third-order valence-electron chi connectivity index (χ3n) is 10.6. The average Bonchev–Trinajstić information content (AvgIpc) is 3.41. The van der Waals surface area contributed by atoms with Gasteiger partial charge in [-0.3, -0.25) is 19.5 Å². The van der Waals surface area contributed by atoms with Crippen molar-refractivity contribution in [2.75, 3.05) is 26.0 Å². The topological polar surface area (TPSA) is 147 Å².